The lowest BCUT2D eigenvalue weighted by Crippen LogP contribution is -2.36. The Labute approximate surface area is 123 Å². The first-order valence-corrected chi connectivity index (χ1v) is 7.27. The van der Waals surface area contributed by atoms with Gasteiger partial charge in [0.05, 0.1) is 12.0 Å². The number of Topliss-reactive ketones (excluding diaryl/α,β-unsaturated/α-hetero) is 1. The van der Waals surface area contributed by atoms with Crippen molar-refractivity contribution in [3.05, 3.63) is 23.3 Å². The van der Waals surface area contributed by atoms with Gasteiger partial charge in [0.1, 0.15) is 11.4 Å². The maximum absolute atomic E-state index is 12.2. The molecule has 1 aromatic rings. The minimum Gasteiger partial charge on any atom is -0.487 e. The van der Waals surface area contributed by atoms with E-state index in [4.69, 9.17) is 4.74 Å². The van der Waals surface area contributed by atoms with Crippen molar-refractivity contribution in [2.45, 2.75) is 37.7 Å². The number of carbonyl (C=O) groups excluding carboxylic acids is 2. The van der Waals surface area contributed by atoms with Crippen molar-refractivity contribution in [2.75, 3.05) is 14.1 Å². The van der Waals surface area contributed by atoms with Crippen molar-refractivity contribution in [3.8, 4) is 5.75 Å². The molecule has 108 valence electrons. The Hall–Kier alpha value is -1.49. The van der Waals surface area contributed by atoms with Gasteiger partial charge in [-0.25, -0.2) is 0 Å². The number of aryl methyl sites for hydroxylation is 1. The summed E-state index contributed by atoms with van der Waals surface area (Å²) in [7, 11) is 3.42. The van der Waals surface area contributed by atoms with Crippen molar-refractivity contribution < 1.29 is 14.3 Å². The van der Waals surface area contributed by atoms with Crippen LogP contribution in [0.15, 0.2) is 17.0 Å². The average Bonchev–Trinajstić information content (AvgIpc) is 2.25. The van der Waals surface area contributed by atoms with Crippen LogP contribution in [0, 0.1) is 6.92 Å². The van der Waals surface area contributed by atoms with Gasteiger partial charge in [0.25, 0.3) is 5.24 Å². The van der Waals surface area contributed by atoms with Gasteiger partial charge in [-0.1, -0.05) is 0 Å². The zero-order valence-electron chi connectivity index (χ0n) is 12.4. The highest BCUT2D eigenvalue weighted by molar-refractivity contribution is 8.13. The molecule has 1 aliphatic heterocycles. The molecule has 0 radical (unpaired) electrons. The zero-order chi connectivity index (χ0) is 15.1. The molecule has 0 N–H and O–H groups in total. The van der Waals surface area contributed by atoms with E-state index < -0.39 is 5.60 Å². The van der Waals surface area contributed by atoms with Gasteiger partial charge in [-0.15, -0.1) is 0 Å². The van der Waals surface area contributed by atoms with Gasteiger partial charge < -0.3 is 9.64 Å². The van der Waals surface area contributed by atoms with E-state index in [1.54, 1.807) is 20.2 Å². The van der Waals surface area contributed by atoms with E-state index in [0.29, 0.717) is 17.7 Å². The van der Waals surface area contributed by atoms with Crippen LogP contribution in [0.2, 0.25) is 0 Å². The number of hydrogen-bond acceptors (Lipinski definition) is 4. The van der Waals surface area contributed by atoms with Crippen molar-refractivity contribution in [1.82, 2.24) is 4.90 Å². The highest BCUT2D eigenvalue weighted by Gasteiger charge is 2.33. The highest BCUT2D eigenvalue weighted by Crippen LogP contribution is 2.38. The van der Waals surface area contributed by atoms with E-state index in [1.165, 1.54) is 4.90 Å². The third-order valence-corrected chi connectivity index (χ3v) is 4.11. The Morgan fingerprint density at radius 1 is 1.35 bits per heavy atom. The summed E-state index contributed by atoms with van der Waals surface area (Å²) in [6.07, 6.45) is 0.379. The minimum atomic E-state index is -0.495. The van der Waals surface area contributed by atoms with Crippen LogP contribution in [0.4, 0.5) is 4.79 Å². The van der Waals surface area contributed by atoms with Crippen LogP contribution in [0.3, 0.4) is 0 Å². The summed E-state index contributed by atoms with van der Waals surface area (Å²) in [5, 5.41) is -0.0502. The summed E-state index contributed by atoms with van der Waals surface area (Å²) in [4.78, 5) is 26.3. The lowest BCUT2D eigenvalue weighted by molar-refractivity contribution is 0.0617. The number of carbonyl (C=O) groups is 2. The predicted octanol–water partition coefficient (Wildman–Crippen LogP) is 3.51. The van der Waals surface area contributed by atoms with Crippen LogP contribution in [0.25, 0.3) is 0 Å². The fraction of sp³-hybridized carbons (Fsp3) is 0.467. The Balaban J connectivity index is 2.39. The third-order valence-electron chi connectivity index (χ3n) is 3.09. The molecule has 0 spiro atoms. The number of hydrogen-bond donors (Lipinski definition) is 0. The van der Waals surface area contributed by atoms with E-state index in [-0.39, 0.29) is 11.0 Å². The lowest BCUT2D eigenvalue weighted by atomic mass is 9.91. The van der Waals surface area contributed by atoms with Crippen LogP contribution in [-0.4, -0.2) is 35.6 Å². The molecule has 5 heteroatoms. The van der Waals surface area contributed by atoms with E-state index in [1.807, 2.05) is 26.8 Å². The van der Waals surface area contributed by atoms with Crippen LogP contribution in [0.1, 0.15) is 36.2 Å². The molecule has 0 aromatic heterocycles. The molecule has 1 heterocycles. The largest absolute Gasteiger partial charge is 0.487 e. The van der Waals surface area contributed by atoms with Crippen molar-refractivity contribution in [3.63, 3.8) is 0 Å². The molecule has 0 aliphatic carbocycles. The minimum absolute atomic E-state index is 0.0502. The third kappa shape index (κ3) is 2.98. The summed E-state index contributed by atoms with van der Waals surface area (Å²) in [5.74, 6) is 0.685. The van der Waals surface area contributed by atoms with E-state index in [2.05, 4.69) is 0 Å². The predicted molar refractivity (Wildman–Crippen MR) is 79.8 cm³/mol. The van der Waals surface area contributed by atoms with E-state index in [0.717, 1.165) is 22.2 Å². The molecule has 2 rings (SSSR count). The first kappa shape index (κ1) is 14.9. The van der Waals surface area contributed by atoms with Crippen LogP contribution < -0.4 is 4.74 Å². The average molecular weight is 293 g/mol. The molecular formula is C15H19NO3S. The molecule has 1 aromatic carbocycles. The number of benzene rings is 1. The quantitative estimate of drug-likeness (QED) is 0.743. The van der Waals surface area contributed by atoms with Crippen molar-refractivity contribution in [2.24, 2.45) is 0 Å². The van der Waals surface area contributed by atoms with Crippen LogP contribution in [-0.2, 0) is 0 Å². The topological polar surface area (TPSA) is 46.6 Å². The summed E-state index contributed by atoms with van der Waals surface area (Å²) in [6.45, 7) is 5.67. The first-order chi connectivity index (χ1) is 9.19. The second-order valence-corrected chi connectivity index (χ2v) is 6.86. The fourth-order valence-electron chi connectivity index (χ4n) is 2.22. The summed E-state index contributed by atoms with van der Waals surface area (Å²) in [6, 6.07) is 3.65. The monoisotopic (exact) mass is 293 g/mol. The van der Waals surface area contributed by atoms with E-state index in [9.17, 15) is 9.59 Å². The summed E-state index contributed by atoms with van der Waals surface area (Å²) >= 11 is 1.14. The number of nitrogens with zero attached hydrogens (tertiary/aromatic N) is 1. The molecule has 4 nitrogen and oxygen atoms in total. The Kier molecular flexibility index (Phi) is 3.82. The van der Waals surface area contributed by atoms with Gasteiger partial charge in [-0.3, -0.25) is 9.59 Å². The molecule has 0 saturated carbocycles. The Morgan fingerprint density at radius 3 is 2.60 bits per heavy atom. The van der Waals surface area contributed by atoms with Crippen molar-refractivity contribution in [1.29, 1.82) is 0 Å². The SMILES string of the molecule is Cc1cc(SC(=O)N(C)C)cc2c1C(=O)CC(C)(C)O2. The molecule has 1 aliphatic rings. The molecule has 0 bridgehead atoms. The second-order valence-electron chi connectivity index (χ2n) is 5.84. The maximum Gasteiger partial charge on any atom is 0.285 e. The van der Waals surface area contributed by atoms with E-state index >= 15 is 0 Å². The van der Waals surface area contributed by atoms with Crippen molar-refractivity contribution >= 4 is 22.8 Å². The van der Waals surface area contributed by atoms with Crippen LogP contribution >= 0.6 is 11.8 Å². The number of amides is 1. The molecule has 20 heavy (non-hydrogen) atoms. The van der Waals surface area contributed by atoms with Gasteiger partial charge in [-0.05, 0) is 50.2 Å². The smallest absolute Gasteiger partial charge is 0.285 e. The van der Waals surface area contributed by atoms with Gasteiger partial charge in [0.15, 0.2) is 5.78 Å². The number of thioether (sulfide) groups is 1. The standard InChI is InChI=1S/C15H19NO3S/c1-9-6-10(20-14(18)16(4)5)7-12-13(9)11(17)8-15(2,3)19-12/h6-7H,8H2,1-5H3. The Bertz CT molecular complexity index is 579. The summed E-state index contributed by atoms with van der Waals surface area (Å²) < 4.78 is 5.89. The maximum atomic E-state index is 12.2. The normalized spacial score (nSPS) is 16.4. The molecule has 0 fully saturated rings. The highest BCUT2D eigenvalue weighted by atomic mass is 32.2. The summed E-state index contributed by atoms with van der Waals surface area (Å²) in [5.41, 5.74) is 1.01. The molecule has 0 unspecified atom stereocenters. The number of rotatable bonds is 1. The number of ether oxygens (including phenoxy) is 1. The number of ketones is 1. The zero-order valence-corrected chi connectivity index (χ0v) is 13.3. The van der Waals surface area contributed by atoms with Gasteiger partial charge in [0.2, 0.25) is 0 Å². The van der Waals surface area contributed by atoms with Gasteiger partial charge >= 0.3 is 0 Å². The molecule has 0 saturated heterocycles. The van der Waals surface area contributed by atoms with Crippen LogP contribution in [0.5, 0.6) is 5.75 Å². The number of fused-ring (bicyclic) bond motifs is 1. The molecular weight excluding hydrogens is 274 g/mol. The Morgan fingerprint density at radius 2 is 2.00 bits per heavy atom. The molecule has 1 amide bonds. The van der Waals surface area contributed by atoms with Gasteiger partial charge in [0, 0.05) is 19.0 Å². The first-order valence-electron chi connectivity index (χ1n) is 6.45. The lowest BCUT2D eigenvalue weighted by Gasteiger charge is -2.32. The fourth-order valence-corrected chi connectivity index (χ4v) is 3.01. The van der Waals surface area contributed by atoms with Gasteiger partial charge in [-0.2, -0.15) is 0 Å². The molecule has 0 atom stereocenters. The second kappa shape index (κ2) is 5.13.